The van der Waals surface area contributed by atoms with Crippen LogP contribution >= 0.6 is 0 Å². The molecule has 2 heterocycles. The number of aromatic nitrogens is 2. The largest absolute Gasteiger partial charge is 0.351 e. The summed E-state index contributed by atoms with van der Waals surface area (Å²) in [4.78, 5) is 23.5. The molecule has 27 heavy (non-hydrogen) atoms. The highest BCUT2D eigenvalue weighted by molar-refractivity contribution is 5.98. The Morgan fingerprint density at radius 3 is 2.70 bits per heavy atom. The number of rotatable bonds is 3. The first-order valence-electron chi connectivity index (χ1n) is 9.94. The van der Waals surface area contributed by atoms with Crippen molar-refractivity contribution in [3.63, 3.8) is 0 Å². The van der Waals surface area contributed by atoms with Gasteiger partial charge in [0.05, 0.1) is 5.69 Å². The third-order valence-corrected chi connectivity index (χ3v) is 5.85. The molecule has 0 bridgehead atoms. The summed E-state index contributed by atoms with van der Waals surface area (Å²) in [5.41, 5.74) is 3.75. The van der Waals surface area contributed by atoms with E-state index in [-0.39, 0.29) is 11.3 Å². The number of nitrogens with zero attached hydrogens (tertiary/aromatic N) is 3. The van der Waals surface area contributed by atoms with Gasteiger partial charge in [-0.05, 0) is 36.6 Å². The van der Waals surface area contributed by atoms with Crippen LogP contribution in [0.1, 0.15) is 61.9 Å². The number of nitrogens with one attached hydrogen (secondary N) is 1. The van der Waals surface area contributed by atoms with Gasteiger partial charge < -0.3 is 10.2 Å². The number of carbonyl (C=O) groups excluding carboxylic acids is 1. The fourth-order valence-corrected chi connectivity index (χ4v) is 4.42. The quantitative estimate of drug-likeness (QED) is 0.884. The Morgan fingerprint density at radius 2 is 1.93 bits per heavy atom. The van der Waals surface area contributed by atoms with Crippen molar-refractivity contribution in [2.75, 3.05) is 18.9 Å². The molecule has 2 aromatic rings. The predicted molar refractivity (Wildman–Crippen MR) is 108 cm³/mol. The van der Waals surface area contributed by atoms with E-state index in [0.717, 1.165) is 28.9 Å². The average molecular weight is 364 g/mol. The topological polar surface area (TPSA) is 58.1 Å². The summed E-state index contributed by atoms with van der Waals surface area (Å²) in [6, 6.07) is 8.49. The maximum absolute atomic E-state index is 12.5. The molecule has 0 radical (unpaired) electrons. The van der Waals surface area contributed by atoms with Gasteiger partial charge in [-0.25, -0.2) is 9.97 Å². The first-order valence-corrected chi connectivity index (χ1v) is 9.94. The van der Waals surface area contributed by atoms with Gasteiger partial charge in [0.25, 0.3) is 5.91 Å². The lowest BCUT2D eigenvalue weighted by Crippen LogP contribution is -2.44. The number of hydrogen-bond donors (Lipinski definition) is 1. The Morgan fingerprint density at radius 1 is 1.15 bits per heavy atom. The summed E-state index contributed by atoms with van der Waals surface area (Å²) >= 11 is 0. The van der Waals surface area contributed by atoms with Gasteiger partial charge in [0.1, 0.15) is 0 Å². The molecule has 1 aromatic heterocycles. The third kappa shape index (κ3) is 3.55. The Hall–Kier alpha value is -2.43. The molecule has 0 saturated heterocycles. The van der Waals surface area contributed by atoms with E-state index in [1.54, 1.807) is 4.90 Å². The van der Waals surface area contributed by atoms with Crippen LogP contribution in [-0.2, 0) is 5.41 Å². The minimum Gasteiger partial charge on any atom is -0.351 e. The summed E-state index contributed by atoms with van der Waals surface area (Å²) < 4.78 is 0. The van der Waals surface area contributed by atoms with Gasteiger partial charge >= 0.3 is 0 Å². The highest BCUT2D eigenvalue weighted by atomic mass is 16.2. The van der Waals surface area contributed by atoms with Crippen LogP contribution < -0.4 is 5.32 Å². The van der Waals surface area contributed by atoms with Crippen molar-refractivity contribution >= 4 is 11.9 Å². The Bertz CT molecular complexity index is 855. The zero-order valence-corrected chi connectivity index (χ0v) is 16.5. The maximum atomic E-state index is 12.5. The van der Waals surface area contributed by atoms with E-state index in [1.807, 2.05) is 31.4 Å². The monoisotopic (exact) mass is 364 g/mol. The van der Waals surface area contributed by atoms with Gasteiger partial charge in [0.15, 0.2) is 0 Å². The van der Waals surface area contributed by atoms with E-state index in [1.165, 1.54) is 32.1 Å². The predicted octanol–water partition coefficient (Wildman–Crippen LogP) is 4.25. The van der Waals surface area contributed by atoms with Gasteiger partial charge in [-0.3, -0.25) is 4.79 Å². The van der Waals surface area contributed by atoms with Crippen LogP contribution in [0.2, 0.25) is 0 Å². The summed E-state index contributed by atoms with van der Waals surface area (Å²) in [7, 11) is 1.87. The Labute approximate surface area is 161 Å². The number of hydrogen-bond acceptors (Lipinski definition) is 4. The minimum atomic E-state index is -0.0792. The van der Waals surface area contributed by atoms with Gasteiger partial charge in [-0.15, -0.1) is 0 Å². The van der Waals surface area contributed by atoms with Crippen molar-refractivity contribution < 1.29 is 4.79 Å². The summed E-state index contributed by atoms with van der Waals surface area (Å²) in [6.07, 6.45) is 8.08. The molecule has 5 heteroatoms. The van der Waals surface area contributed by atoms with Crippen LogP contribution in [0.3, 0.4) is 0 Å². The minimum absolute atomic E-state index is 0.0792. The number of benzene rings is 1. The van der Waals surface area contributed by atoms with Crippen LogP contribution in [0.5, 0.6) is 0 Å². The zero-order chi connectivity index (χ0) is 19.0. The van der Waals surface area contributed by atoms with Gasteiger partial charge in [0.2, 0.25) is 5.95 Å². The number of fused-ring (bicyclic) bond motifs is 1. The van der Waals surface area contributed by atoms with Crippen molar-refractivity contribution in [2.24, 2.45) is 0 Å². The molecule has 1 N–H and O–H groups in total. The van der Waals surface area contributed by atoms with E-state index in [4.69, 9.17) is 4.98 Å². The lowest BCUT2D eigenvalue weighted by Gasteiger charge is -2.37. The second kappa shape index (κ2) is 6.95. The van der Waals surface area contributed by atoms with Crippen LogP contribution in [0.4, 0.5) is 5.95 Å². The van der Waals surface area contributed by atoms with E-state index in [9.17, 15) is 4.79 Å². The highest BCUT2D eigenvalue weighted by Gasteiger charge is 2.35. The molecule has 2 aliphatic rings. The highest BCUT2D eigenvalue weighted by Crippen LogP contribution is 2.35. The van der Waals surface area contributed by atoms with E-state index < -0.39 is 0 Å². The molecule has 1 amide bonds. The number of carbonyl (C=O) groups is 1. The third-order valence-electron chi connectivity index (χ3n) is 5.85. The SMILES string of the molecule is CN1CC(C)(C)c2cc(-c3ccnc(NC4CCCCC4)n3)ccc2C1=O. The molecule has 4 rings (SSSR count). The maximum Gasteiger partial charge on any atom is 0.253 e. The van der Waals surface area contributed by atoms with E-state index in [2.05, 4.69) is 30.2 Å². The van der Waals surface area contributed by atoms with E-state index >= 15 is 0 Å². The van der Waals surface area contributed by atoms with Crippen molar-refractivity contribution in [3.8, 4) is 11.3 Å². The second-order valence-corrected chi connectivity index (χ2v) is 8.55. The first-order chi connectivity index (χ1) is 12.9. The first kappa shape index (κ1) is 18.0. The van der Waals surface area contributed by atoms with E-state index in [0.29, 0.717) is 12.0 Å². The molecule has 1 saturated carbocycles. The molecule has 1 aliphatic carbocycles. The van der Waals surface area contributed by atoms with Crippen molar-refractivity contribution in [1.29, 1.82) is 0 Å². The fraction of sp³-hybridized carbons (Fsp3) is 0.500. The average Bonchev–Trinajstić information content (AvgIpc) is 2.67. The molecule has 1 aliphatic heterocycles. The zero-order valence-electron chi connectivity index (χ0n) is 16.5. The molecule has 0 unspecified atom stereocenters. The van der Waals surface area contributed by atoms with Crippen LogP contribution in [-0.4, -0.2) is 40.4 Å². The molecule has 0 atom stereocenters. The normalized spacial score (nSPS) is 19.7. The molecule has 1 aromatic carbocycles. The van der Waals surface area contributed by atoms with Gasteiger partial charge in [-0.2, -0.15) is 0 Å². The molecule has 142 valence electrons. The van der Waals surface area contributed by atoms with Crippen LogP contribution in [0.15, 0.2) is 30.5 Å². The van der Waals surface area contributed by atoms with Gasteiger partial charge in [-0.1, -0.05) is 39.2 Å². The Kier molecular flexibility index (Phi) is 4.62. The summed E-state index contributed by atoms with van der Waals surface area (Å²) in [5.74, 6) is 0.797. The fourth-order valence-electron chi connectivity index (χ4n) is 4.42. The Balaban J connectivity index is 1.64. The second-order valence-electron chi connectivity index (χ2n) is 8.55. The van der Waals surface area contributed by atoms with Crippen molar-refractivity contribution in [3.05, 3.63) is 41.6 Å². The number of amides is 1. The molecular formula is C22H28N4O. The summed E-state index contributed by atoms with van der Waals surface area (Å²) in [5, 5.41) is 3.50. The van der Waals surface area contributed by atoms with Crippen LogP contribution in [0.25, 0.3) is 11.3 Å². The summed E-state index contributed by atoms with van der Waals surface area (Å²) in [6.45, 7) is 5.10. The molecular weight excluding hydrogens is 336 g/mol. The smallest absolute Gasteiger partial charge is 0.253 e. The van der Waals surface area contributed by atoms with Gasteiger partial charge in [0, 0.05) is 42.4 Å². The molecule has 1 fully saturated rings. The standard InChI is InChI=1S/C22H28N4O/c1-22(2)14-26(3)20(27)17-10-9-15(13-18(17)22)19-11-12-23-21(25-19)24-16-7-5-4-6-8-16/h9-13,16H,4-8,14H2,1-3H3,(H,23,24,25). The molecule has 0 spiro atoms. The molecule has 5 nitrogen and oxygen atoms in total. The van der Waals surface area contributed by atoms with Crippen LogP contribution in [0, 0.1) is 0 Å². The van der Waals surface area contributed by atoms with Crippen molar-refractivity contribution in [1.82, 2.24) is 14.9 Å². The van der Waals surface area contributed by atoms with Crippen molar-refractivity contribution in [2.45, 2.75) is 57.4 Å². The number of anilines is 1. The lowest BCUT2D eigenvalue weighted by molar-refractivity contribution is 0.0737. The number of likely N-dealkylation sites (N-methyl/N-ethyl adjacent to an activating group) is 1. The lowest BCUT2D eigenvalue weighted by atomic mass is 9.77.